The van der Waals surface area contributed by atoms with Gasteiger partial charge in [0.1, 0.15) is 12.0 Å². The number of nitrogens with zero attached hydrogens (tertiary/aromatic N) is 4. The molecular formula is C15H17N5. The van der Waals surface area contributed by atoms with Crippen LogP contribution in [-0.2, 0) is 6.54 Å². The molecule has 1 aromatic carbocycles. The molecule has 2 aliphatic heterocycles. The van der Waals surface area contributed by atoms with E-state index >= 15 is 0 Å². The number of rotatable bonds is 3. The lowest BCUT2D eigenvalue weighted by Gasteiger charge is -2.17. The van der Waals surface area contributed by atoms with E-state index in [-0.39, 0.29) is 5.92 Å². The highest BCUT2D eigenvalue weighted by Crippen LogP contribution is 2.28. The van der Waals surface area contributed by atoms with Gasteiger partial charge in [-0.2, -0.15) is 0 Å². The second kappa shape index (κ2) is 4.92. The summed E-state index contributed by atoms with van der Waals surface area (Å²) in [6.45, 7) is 4.81. The minimum Gasteiger partial charge on any atom is -0.369 e. The minimum absolute atomic E-state index is 0.267. The van der Waals surface area contributed by atoms with Crippen LogP contribution in [0.3, 0.4) is 0 Å². The molecule has 0 aromatic heterocycles. The first-order valence-corrected chi connectivity index (χ1v) is 6.67. The van der Waals surface area contributed by atoms with Crippen molar-refractivity contribution in [1.82, 2.24) is 19.5 Å². The predicted molar refractivity (Wildman–Crippen MR) is 78.5 cm³/mol. The molecule has 0 aliphatic carbocycles. The van der Waals surface area contributed by atoms with Crippen molar-refractivity contribution < 1.29 is 0 Å². The van der Waals surface area contributed by atoms with E-state index < -0.39 is 0 Å². The highest BCUT2D eigenvalue weighted by molar-refractivity contribution is 5.58. The van der Waals surface area contributed by atoms with Crippen molar-refractivity contribution in [2.75, 3.05) is 5.73 Å². The van der Waals surface area contributed by atoms with Crippen LogP contribution in [0.2, 0.25) is 0 Å². The summed E-state index contributed by atoms with van der Waals surface area (Å²) in [6.07, 6.45) is 1.57. The summed E-state index contributed by atoms with van der Waals surface area (Å²) in [7, 11) is 0. The molecule has 5 heteroatoms. The van der Waals surface area contributed by atoms with Gasteiger partial charge in [-0.05, 0) is 11.5 Å². The zero-order chi connectivity index (χ0) is 14.1. The topological polar surface area (TPSA) is 69.6 Å². The maximum absolute atomic E-state index is 6.12. The van der Waals surface area contributed by atoms with Crippen LogP contribution in [0.25, 0.3) is 11.5 Å². The predicted octanol–water partition coefficient (Wildman–Crippen LogP) is 2.53. The summed E-state index contributed by atoms with van der Waals surface area (Å²) in [4.78, 5) is 13.2. The third kappa shape index (κ3) is 2.11. The number of benzene rings is 1. The molecule has 0 atom stereocenters. The first-order valence-electron chi connectivity index (χ1n) is 6.67. The van der Waals surface area contributed by atoms with Gasteiger partial charge in [0.2, 0.25) is 5.95 Å². The van der Waals surface area contributed by atoms with Gasteiger partial charge in [0, 0.05) is 0 Å². The van der Waals surface area contributed by atoms with E-state index in [0.717, 1.165) is 22.8 Å². The molecule has 1 aromatic rings. The summed E-state index contributed by atoms with van der Waals surface area (Å²) >= 11 is 0. The average Bonchev–Trinajstić information content (AvgIpc) is 2.91. The Morgan fingerprint density at radius 2 is 1.90 bits per heavy atom. The monoisotopic (exact) mass is 267 g/mol. The van der Waals surface area contributed by atoms with E-state index in [4.69, 9.17) is 5.73 Å². The first-order chi connectivity index (χ1) is 9.66. The molecule has 5 nitrogen and oxygen atoms in total. The number of anilines is 1. The molecule has 0 spiro atoms. The molecule has 0 fully saturated rings. The van der Waals surface area contributed by atoms with Crippen molar-refractivity contribution in [2.24, 2.45) is 0 Å². The Kier molecular flexibility index (Phi) is 3.10. The average molecular weight is 267 g/mol. The second-order valence-electron chi connectivity index (χ2n) is 5.13. The Balaban J connectivity index is 2.10. The summed E-state index contributed by atoms with van der Waals surface area (Å²) in [5.41, 5.74) is 9.02. The van der Waals surface area contributed by atoms with Crippen LogP contribution in [-0.4, -0.2) is 19.5 Å². The van der Waals surface area contributed by atoms with Crippen LogP contribution in [0.1, 0.15) is 31.0 Å². The summed E-state index contributed by atoms with van der Waals surface area (Å²) in [5, 5.41) is 0. The molecule has 0 saturated carbocycles. The smallest absolute Gasteiger partial charge is 0.202 e. The fraction of sp³-hybridized carbons (Fsp3) is 0.267. The van der Waals surface area contributed by atoms with Crippen molar-refractivity contribution in [2.45, 2.75) is 26.3 Å². The van der Waals surface area contributed by atoms with Gasteiger partial charge >= 0.3 is 0 Å². The van der Waals surface area contributed by atoms with Gasteiger partial charge in [-0.15, -0.1) is 0 Å². The molecule has 102 valence electrons. The number of fused-ring (bicyclic) bond motifs is 1. The van der Waals surface area contributed by atoms with Crippen molar-refractivity contribution in [3.63, 3.8) is 0 Å². The lowest BCUT2D eigenvalue weighted by molar-refractivity contribution is 0.739. The SMILES string of the molecule is CC(C)c1nc(N)n(Cc2ccccc2)c2ncnc1-2. The van der Waals surface area contributed by atoms with Gasteiger partial charge < -0.3 is 5.73 Å². The molecule has 0 amide bonds. The molecule has 2 N–H and O–H groups in total. The first kappa shape index (κ1) is 12.6. The zero-order valence-electron chi connectivity index (χ0n) is 11.6. The van der Waals surface area contributed by atoms with E-state index in [1.807, 2.05) is 22.8 Å². The maximum atomic E-state index is 6.12. The molecule has 0 unspecified atom stereocenters. The molecule has 0 radical (unpaired) electrons. The second-order valence-corrected chi connectivity index (χ2v) is 5.13. The van der Waals surface area contributed by atoms with Gasteiger partial charge in [-0.1, -0.05) is 44.2 Å². The number of nitrogen functional groups attached to an aromatic ring is 1. The molecule has 2 heterocycles. The molecule has 0 bridgehead atoms. The Bertz CT molecular complexity index is 687. The van der Waals surface area contributed by atoms with Crippen molar-refractivity contribution in [3.05, 3.63) is 47.9 Å². The Labute approximate surface area is 117 Å². The molecule has 2 aliphatic rings. The highest BCUT2D eigenvalue weighted by Gasteiger charge is 2.21. The Morgan fingerprint density at radius 3 is 2.60 bits per heavy atom. The highest BCUT2D eigenvalue weighted by atomic mass is 15.2. The summed E-state index contributed by atoms with van der Waals surface area (Å²) in [6, 6.07) is 10.1. The van der Waals surface area contributed by atoms with E-state index in [9.17, 15) is 0 Å². The molecule has 0 saturated heterocycles. The molecular weight excluding hydrogens is 250 g/mol. The normalized spacial score (nSPS) is 11.3. The van der Waals surface area contributed by atoms with E-state index in [1.165, 1.54) is 0 Å². The van der Waals surface area contributed by atoms with E-state index in [1.54, 1.807) is 6.33 Å². The van der Waals surface area contributed by atoms with Crippen LogP contribution in [0.4, 0.5) is 5.95 Å². The fourth-order valence-corrected chi connectivity index (χ4v) is 2.31. The van der Waals surface area contributed by atoms with Gasteiger partial charge in [0.15, 0.2) is 5.82 Å². The van der Waals surface area contributed by atoms with Crippen LogP contribution >= 0.6 is 0 Å². The van der Waals surface area contributed by atoms with E-state index in [2.05, 4.69) is 40.9 Å². The maximum Gasteiger partial charge on any atom is 0.202 e. The Hall–Kier alpha value is -2.43. The summed E-state index contributed by atoms with van der Waals surface area (Å²) < 4.78 is 1.91. The van der Waals surface area contributed by atoms with Crippen molar-refractivity contribution in [3.8, 4) is 11.5 Å². The van der Waals surface area contributed by atoms with Crippen LogP contribution < -0.4 is 5.73 Å². The number of hydrogen-bond donors (Lipinski definition) is 1. The van der Waals surface area contributed by atoms with Gasteiger partial charge in [0.05, 0.1) is 12.2 Å². The molecule has 20 heavy (non-hydrogen) atoms. The van der Waals surface area contributed by atoms with Crippen molar-refractivity contribution in [1.29, 1.82) is 0 Å². The van der Waals surface area contributed by atoms with Gasteiger partial charge in [-0.25, -0.2) is 15.0 Å². The minimum atomic E-state index is 0.267. The van der Waals surface area contributed by atoms with Gasteiger partial charge in [-0.3, -0.25) is 4.57 Å². The third-order valence-corrected chi connectivity index (χ3v) is 3.32. The lowest BCUT2D eigenvalue weighted by atomic mass is 10.1. The largest absolute Gasteiger partial charge is 0.369 e. The quantitative estimate of drug-likeness (QED) is 0.791. The zero-order valence-corrected chi connectivity index (χ0v) is 11.6. The van der Waals surface area contributed by atoms with E-state index in [0.29, 0.717) is 12.5 Å². The third-order valence-electron chi connectivity index (χ3n) is 3.32. The van der Waals surface area contributed by atoms with Crippen LogP contribution in [0, 0.1) is 0 Å². The van der Waals surface area contributed by atoms with Crippen molar-refractivity contribution >= 4 is 5.95 Å². The number of imidazole rings is 1. The number of hydrogen-bond acceptors (Lipinski definition) is 4. The number of aromatic nitrogens is 4. The van der Waals surface area contributed by atoms with Gasteiger partial charge in [0.25, 0.3) is 0 Å². The standard InChI is InChI=1S/C15H17N5/c1-10(2)12-13-14(18-9-17-13)20(15(16)19-12)8-11-6-4-3-5-7-11/h3-7,9-10H,8H2,1-2H3,(H2,16,19). The summed E-state index contributed by atoms with van der Waals surface area (Å²) in [5.74, 6) is 1.54. The van der Waals surface area contributed by atoms with Crippen LogP contribution in [0.5, 0.6) is 0 Å². The lowest BCUT2D eigenvalue weighted by Crippen LogP contribution is -2.16. The number of nitrogens with two attached hydrogens (primary N) is 1. The fourth-order valence-electron chi connectivity index (χ4n) is 2.31. The molecule has 3 rings (SSSR count). The Morgan fingerprint density at radius 1 is 1.15 bits per heavy atom. The van der Waals surface area contributed by atoms with Crippen LogP contribution in [0.15, 0.2) is 36.7 Å².